The zero-order valence-corrected chi connectivity index (χ0v) is 9.80. The van der Waals surface area contributed by atoms with Crippen LogP contribution < -0.4 is 5.32 Å². The molecule has 0 spiro atoms. The molecule has 98 valence electrons. The normalized spacial score (nSPS) is 13.8. The van der Waals surface area contributed by atoms with Crippen LogP contribution >= 0.6 is 0 Å². The molecule has 0 saturated carbocycles. The summed E-state index contributed by atoms with van der Waals surface area (Å²) in [5.41, 5.74) is 0. The van der Waals surface area contributed by atoms with Gasteiger partial charge in [-0.3, -0.25) is 9.59 Å². The van der Waals surface area contributed by atoms with E-state index in [-0.39, 0.29) is 12.5 Å². The minimum Gasteiger partial charge on any atom is -0.481 e. The molecule has 0 aromatic rings. The van der Waals surface area contributed by atoms with Gasteiger partial charge in [-0.25, -0.2) is 4.79 Å². The van der Waals surface area contributed by atoms with Crippen LogP contribution in [0, 0.1) is 0 Å². The van der Waals surface area contributed by atoms with Crippen LogP contribution in [0.4, 0.5) is 0 Å². The lowest BCUT2D eigenvalue weighted by Gasteiger charge is -2.13. The first kappa shape index (κ1) is 15.4. The van der Waals surface area contributed by atoms with E-state index >= 15 is 0 Å². The third-order valence-corrected chi connectivity index (χ3v) is 2.19. The number of methoxy groups -OCH3 is 1. The summed E-state index contributed by atoms with van der Waals surface area (Å²) in [5.74, 6) is -3.13. The van der Waals surface area contributed by atoms with Gasteiger partial charge in [-0.05, 0) is 13.3 Å². The molecular weight excluding hydrogens is 230 g/mol. The fourth-order valence-corrected chi connectivity index (χ4v) is 1.09. The lowest BCUT2D eigenvalue weighted by molar-refractivity contribution is -0.147. The molecule has 1 amide bonds. The van der Waals surface area contributed by atoms with Gasteiger partial charge in [-0.2, -0.15) is 0 Å². The quantitative estimate of drug-likeness (QED) is 0.549. The van der Waals surface area contributed by atoms with Crippen LogP contribution in [0.1, 0.15) is 26.2 Å². The Kier molecular flexibility index (Phi) is 6.88. The molecule has 0 fully saturated rings. The van der Waals surface area contributed by atoms with Crippen LogP contribution in [0.2, 0.25) is 0 Å². The van der Waals surface area contributed by atoms with Gasteiger partial charge in [0.1, 0.15) is 6.04 Å². The van der Waals surface area contributed by atoms with Crippen molar-refractivity contribution < 1.29 is 29.3 Å². The van der Waals surface area contributed by atoms with Crippen LogP contribution in [0.5, 0.6) is 0 Å². The van der Waals surface area contributed by atoms with Crippen molar-refractivity contribution in [2.75, 3.05) is 7.11 Å². The highest BCUT2D eigenvalue weighted by Gasteiger charge is 2.22. The van der Waals surface area contributed by atoms with Gasteiger partial charge in [0.25, 0.3) is 0 Å². The second-order valence-corrected chi connectivity index (χ2v) is 3.64. The standard InChI is InChI=1S/C10H17NO6/c1-6(17-2)3-4-8(12)11-7(10(15)16)5-9(13)14/h6-7H,3-5H2,1-2H3,(H,11,12)(H,13,14)(H,15,16)/t6?,7-/m0/s1. The van der Waals surface area contributed by atoms with Crippen molar-refractivity contribution in [3.05, 3.63) is 0 Å². The van der Waals surface area contributed by atoms with Crippen molar-refractivity contribution in [1.29, 1.82) is 0 Å². The minimum atomic E-state index is -1.39. The Morgan fingerprint density at radius 1 is 1.29 bits per heavy atom. The number of carboxylic acids is 2. The predicted octanol–water partition coefficient (Wildman–Crippen LogP) is -0.154. The van der Waals surface area contributed by atoms with Gasteiger partial charge in [-0.1, -0.05) is 0 Å². The third kappa shape index (κ3) is 7.29. The molecule has 0 aromatic carbocycles. The van der Waals surface area contributed by atoms with Crippen molar-refractivity contribution in [3.8, 4) is 0 Å². The molecule has 0 heterocycles. The van der Waals surface area contributed by atoms with Crippen molar-refractivity contribution in [3.63, 3.8) is 0 Å². The maximum atomic E-state index is 11.3. The van der Waals surface area contributed by atoms with E-state index in [1.54, 1.807) is 6.92 Å². The van der Waals surface area contributed by atoms with Gasteiger partial charge in [0.2, 0.25) is 5.91 Å². The highest BCUT2D eigenvalue weighted by molar-refractivity contribution is 5.86. The van der Waals surface area contributed by atoms with E-state index in [1.165, 1.54) is 7.11 Å². The molecule has 1 unspecified atom stereocenters. The monoisotopic (exact) mass is 247 g/mol. The first-order valence-corrected chi connectivity index (χ1v) is 5.13. The summed E-state index contributed by atoms with van der Waals surface area (Å²) in [7, 11) is 1.51. The van der Waals surface area contributed by atoms with Crippen molar-refractivity contribution in [2.24, 2.45) is 0 Å². The molecule has 0 bridgehead atoms. The number of hydrogen-bond acceptors (Lipinski definition) is 4. The van der Waals surface area contributed by atoms with E-state index in [0.29, 0.717) is 6.42 Å². The fraction of sp³-hybridized carbons (Fsp3) is 0.700. The van der Waals surface area contributed by atoms with Crippen LogP contribution in [0.25, 0.3) is 0 Å². The molecule has 7 nitrogen and oxygen atoms in total. The van der Waals surface area contributed by atoms with Crippen molar-refractivity contribution in [2.45, 2.75) is 38.3 Å². The van der Waals surface area contributed by atoms with Gasteiger partial charge >= 0.3 is 11.9 Å². The lowest BCUT2D eigenvalue weighted by Crippen LogP contribution is -2.42. The fourth-order valence-electron chi connectivity index (χ4n) is 1.09. The number of ether oxygens (including phenoxy) is 1. The van der Waals surface area contributed by atoms with Crippen LogP contribution in [-0.4, -0.2) is 47.3 Å². The molecule has 0 aliphatic heterocycles. The minimum absolute atomic E-state index is 0.0956. The summed E-state index contributed by atoms with van der Waals surface area (Å²) in [6.07, 6.45) is -0.204. The Hall–Kier alpha value is -1.63. The van der Waals surface area contributed by atoms with Gasteiger partial charge in [-0.15, -0.1) is 0 Å². The SMILES string of the molecule is COC(C)CCC(=O)N[C@@H](CC(=O)O)C(=O)O. The lowest BCUT2D eigenvalue weighted by atomic mass is 10.1. The number of carbonyl (C=O) groups excluding carboxylic acids is 1. The molecule has 7 heteroatoms. The number of carbonyl (C=O) groups is 3. The van der Waals surface area contributed by atoms with E-state index in [9.17, 15) is 14.4 Å². The maximum absolute atomic E-state index is 11.3. The molecule has 3 N–H and O–H groups in total. The third-order valence-electron chi connectivity index (χ3n) is 2.19. The summed E-state index contributed by atoms with van der Waals surface area (Å²) in [5, 5.41) is 19.3. The zero-order chi connectivity index (χ0) is 13.4. The molecule has 0 aromatic heterocycles. The van der Waals surface area contributed by atoms with Gasteiger partial charge < -0.3 is 20.3 Å². The van der Waals surface area contributed by atoms with E-state index in [1.807, 2.05) is 0 Å². The highest BCUT2D eigenvalue weighted by atomic mass is 16.5. The second-order valence-electron chi connectivity index (χ2n) is 3.64. The first-order valence-electron chi connectivity index (χ1n) is 5.13. The summed E-state index contributed by atoms with van der Waals surface area (Å²) >= 11 is 0. The van der Waals surface area contributed by atoms with Gasteiger partial charge in [0.15, 0.2) is 0 Å². The van der Waals surface area contributed by atoms with Crippen LogP contribution in [0.15, 0.2) is 0 Å². The summed E-state index contributed by atoms with van der Waals surface area (Å²) in [4.78, 5) is 32.4. The largest absolute Gasteiger partial charge is 0.481 e. The molecule has 17 heavy (non-hydrogen) atoms. The Labute approximate surface area is 98.8 Å². The van der Waals surface area contributed by atoms with E-state index < -0.39 is 30.3 Å². The van der Waals surface area contributed by atoms with Crippen LogP contribution in [-0.2, 0) is 19.1 Å². The predicted molar refractivity (Wildman–Crippen MR) is 57.5 cm³/mol. The Bertz CT molecular complexity index is 291. The Balaban J connectivity index is 4.13. The number of nitrogens with one attached hydrogen (secondary N) is 1. The second kappa shape index (κ2) is 7.61. The highest BCUT2D eigenvalue weighted by Crippen LogP contribution is 2.01. The maximum Gasteiger partial charge on any atom is 0.326 e. The molecule has 0 rings (SSSR count). The average molecular weight is 247 g/mol. The molecule has 0 saturated heterocycles. The van der Waals surface area contributed by atoms with Gasteiger partial charge in [0.05, 0.1) is 12.5 Å². The number of aliphatic carboxylic acids is 2. The molecular formula is C10H17NO6. The zero-order valence-electron chi connectivity index (χ0n) is 9.80. The van der Waals surface area contributed by atoms with E-state index in [2.05, 4.69) is 5.32 Å². The molecule has 0 aliphatic carbocycles. The molecule has 2 atom stereocenters. The Morgan fingerprint density at radius 3 is 2.29 bits per heavy atom. The number of rotatable bonds is 8. The number of amides is 1. The smallest absolute Gasteiger partial charge is 0.326 e. The first-order chi connectivity index (χ1) is 7.86. The number of hydrogen-bond donors (Lipinski definition) is 3. The van der Waals surface area contributed by atoms with Crippen LogP contribution in [0.3, 0.4) is 0 Å². The summed E-state index contributed by atoms with van der Waals surface area (Å²) in [6, 6.07) is -1.39. The average Bonchev–Trinajstić information content (AvgIpc) is 2.24. The van der Waals surface area contributed by atoms with E-state index in [0.717, 1.165) is 0 Å². The molecule has 0 radical (unpaired) electrons. The topological polar surface area (TPSA) is 113 Å². The Morgan fingerprint density at radius 2 is 1.88 bits per heavy atom. The molecule has 0 aliphatic rings. The van der Waals surface area contributed by atoms with E-state index in [4.69, 9.17) is 14.9 Å². The van der Waals surface area contributed by atoms with Gasteiger partial charge in [0, 0.05) is 13.5 Å². The summed E-state index contributed by atoms with van der Waals surface area (Å²) in [6.45, 7) is 1.78. The van der Waals surface area contributed by atoms with Crippen molar-refractivity contribution >= 4 is 17.8 Å². The summed E-state index contributed by atoms with van der Waals surface area (Å²) < 4.78 is 4.93. The number of carboxylic acid groups (broad SMARTS) is 2. The van der Waals surface area contributed by atoms with Crippen molar-refractivity contribution in [1.82, 2.24) is 5.32 Å².